The molecular weight excluding hydrogens is 304 g/mol. The second-order valence-corrected chi connectivity index (χ2v) is 5.77. The minimum atomic E-state index is 0.526. The van der Waals surface area contributed by atoms with Gasteiger partial charge in [-0.15, -0.1) is 0 Å². The highest BCUT2D eigenvalue weighted by molar-refractivity contribution is 9.10. The monoisotopic (exact) mass is 320 g/mol. The molecule has 1 unspecified atom stereocenters. The van der Waals surface area contributed by atoms with E-state index in [0.717, 1.165) is 29.7 Å². The molecule has 1 saturated heterocycles. The Kier molecular flexibility index (Phi) is 3.57. The largest absolute Gasteiger partial charge is 0.319 e. The lowest BCUT2D eigenvalue weighted by atomic mass is 10.1. The molecule has 0 amide bonds. The zero-order chi connectivity index (χ0) is 13.2. The molecule has 100 valence electrons. The van der Waals surface area contributed by atoms with Crippen molar-refractivity contribution >= 4 is 21.6 Å². The summed E-state index contributed by atoms with van der Waals surface area (Å²) in [6, 6.07) is 10.3. The maximum absolute atomic E-state index is 4.30. The predicted molar refractivity (Wildman–Crippen MR) is 79.9 cm³/mol. The van der Waals surface area contributed by atoms with Crippen molar-refractivity contribution in [3.05, 3.63) is 46.7 Å². The summed E-state index contributed by atoms with van der Waals surface area (Å²) in [6.07, 6.45) is 3.03. The van der Waals surface area contributed by atoms with Gasteiger partial charge in [-0.3, -0.25) is 4.68 Å². The van der Waals surface area contributed by atoms with Gasteiger partial charge in [0, 0.05) is 31.7 Å². The molecular formula is C14H17BrN4. The molecule has 1 aromatic heterocycles. The summed E-state index contributed by atoms with van der Waals surface area (Å²) in [7, 11) is 2.01. The number of para-hydroxylation sites is 1. The van der Waals surface area contributed by atoms with Crippen molar-refractivity contribution in [2.45, 2.75) is 12.3 Å². The molecule has 1 aliphatic rings. The number of rotatable bonds is 3. The fraction of sp³-hybridized carbons (Fsp3) is 0.357. The van der Waals surface area contributed by atoms with Gasteiger partial charge in [-0.05, 0) is 34.5 Å². The van der Waals surface area contributed by atoms with Gasteiger partial charge in [-0.25, -0.2) is 5.01 Å². The summed E-state index contributed by atoms with van der Waals surface area (Å²) >= 11 is 3.59. The third kappa shape index (κ3) is 2.67. The van der Waals surface area contributed by atoms with Crippen molar-refractivity contribution in [1.29, 1.82) is 0 Å². The second-order valence-electron chi connectivity index (χ2n) is 4.91. The average Bonchev–Trinajstić information content (AvgIpc) is 2.98. The molecule has 1 fully saturated rings. The summed E-state index contributed by atoms with van der Waals surface area (Å²) in [5.41, 5.74) is 5.89. The van der Waals surface area contributed by atoms with Crippen LogP contribution in [0.2, 0.25) is 0 Å². The molecule has 0 saturated carbocycles. The van der Waals surface area contributed by atoms with Gasteiger partial charge in [0.05, 0.1) is 16.4 Å². The fourth-order valence-electron chi connectivity index (χ4n) is 2.66. The molecule has 1 aliphatic heterocycles. The number of nitrogens with zero attached hydrogens (tertiary/aromatic N) is 3. The molecule has 1 aromatic carbocycles. The van der Waals surface area contributed by atoms with E-state index in [2.05, 4.69) is 43.6 Å². The van der Waals surface area contributed by atoms with Crippen LogP contribution in [0.3, 0.4) is 0 Å². The zero-order valence-electron chi connectivity index (χ0n) is 10.9. The molecule has 3 rings (SSSR count). The van der Waals surface area contributed by atoms with Crippen LogP contribution < -0.4 is 5.43 Å². The minimum absolute atomic E-state index is 0.526. The highest BCUT2D eigenvalue weighted by atomic mass is 79.9. The van der Waals surface area contributed by atoms with Crippen LogP contribution in [-0.2, 0) is 7.05 Å². The molecule has 1 N–H and O–H groups in total. The minimum Gasteiger partial charge on any atom is -0.319 e. The van der Waals surface area contributed by atoms with Crippen molar-refractivity contribution in [1.82, 2.24) is 14.8 Å². The van der Waals surface area contributed by atoms with Crippen LogP contribution in [0, 0.1) is 0 Å². The first-order chi connectivity index (χ1) is 9.24. The van der Waals surface area contributed by atoms with Gasteiger partial charge in [0.25, 0.3) is 0 Å². The molecule has 0 bridgehead atoms. The van der Waals surface area contributed by atoms with Crippen LogP contribution in [0.1, 0.15) is 18.0 Å². The van der Waals surface area contributed by atoms with Crippen molar-refractivity contribution in [2.24, 2.45) is 7.05 Å². The number of benzene rings is 1. The molecule has 0 spiro atoms. The standard InChI is InChI=1S/C14H17BrN4/c1-18-14(13(15)9-16-18)11-7-8-19(10-11)17-12-5-3-2-4-6-12/h2-6,9,11,17H,7-8,10H2,1H3. The van der Waals surface area contributed by atoms with E-state index in [0.29, 0.717) is 5.92 Å². The zero-order valence-corrected chi connectivity index (χ0v) is 12.5. The van der Waals surface area contributed by atoms with E-state index in [9.17, 15) is 0 Å². The molecule has 0 aliphatic carbocycles. The number of anilines is 1. The lowest BCUT2D eigenvalue weighted by Gasteiger charge is -2.19. The smallest absolute Gasteiger partial charge is 0.0635 e. The van der Waals surface area contributed by atoms with Gasteiger partial charge in [0.15, 0.2) is 0 Å². The van der Waals surface area contributed by atoms with Gasteiger partial charge in [-0.1, -0.05) is 18.2 Å². The van der Waals surface area contributed by atoms with E-state index in [4.69, 9.17) is 0 Å². The van der Waals surface area contributed by atoms with Gasteiger partial charge in [-0.2, -0.15) is 5.10 Å². The third-order valence-electron chi connectivity index (χ3n) is 3.57. The van der Waals surface area contributed by atoms with Crippen LogP contribution in [0.15, 0.2) is 41.0 Å². The number of hydrazine groups is 1. The van der Waals surface area contributed by atoms with Crippen molar-refractivity contribution < 1.29 is 0 Å². The van der Waals surface area contributed by atoms with Crippen LogP contribution in [0.25, 0.3) is 0 Å². The molecule has 4 nitrogen and oxygen atoms in total. The predicted octanol–water partition coefficient (Wildman–Crippen LogP) is 3.00. The van der Waals surface area contributed by atoms with Gasteiger partial charge in [0.2, 0.25) is 0 Å². The second kappa shape index (κ2) is 5.35. The molecule has 2 heterocycles. The lowest BCUT2D eigenvalue weighted by Crippen LogP contribution is -2.27. The quantitative estimate of drug-likeness (QED) is 0.943. The number of nitrogens with one attached hydrogen (secondary N) is 1. The first-order valence-corrected chi connectivity index (χ1v) is 7.27. The number of aryl methyl sites for hydroxylation is 1. The van der Waals surface area contributed by atoms with Crippen molar-refractivity contribution in [2.75, 3.05) is 18.5 Å². The Hall–Kier alpha value is -1.33. The summed E-state index contributed by atoms with van der Waals surface area (Å²) < 4.78 is 3.09. The van der Waals surface area contributed by atoms with E-state index in [1.807, 2.05) is 36.1 Å². The Morgan fingerprint density at radius 3 is 2.79 bits per heavy atom. The lowest BCUT2D eigenvalue weighted by molar-refractivity contribution is 0.402. The molecule has 0 radical (unpaired) electrons. The SMILES string of the molecule is Cn1ncc(Br)c1C1CCN(Nc2ccccc2)C1. The van der Waals surface area contributed by atoms with E-state index in [1.54, 1.807) is 0 Å². The van der Waals surface area contributed by atoms with E-state index in [-0.39, 0.29) is 0 Å². The van der Waals surface area contributed by atoms with E-state index >= 15 is 0 Å². The summed E-state index contributed by atoms with van der Waals surface area (Å²) in [5.74, 6) is 0.526. The normalized spacial score (nSPS) is 19.8. The fourth-order valence-corrected chi connectivity index (χ4v) is 3.33. The number of halogens is 1. The highest BCUT2D eigenvalue weighted by Gasteiger charge is 2.27. The number of aromatic nitrogens is 2. The highest BCUT2D eigenvalue weighted by Crippen LogP contribution is 2.31. The van der Waals surface area contributed by atoms with Gasteiger partial charge >= 0.3 is 0 Å². The summed E-state index contributed by atoms with van der Waals surface area (Å²) in [5, 5.41) is 6.58. The number of hydrogen-bond acceptors (Lipinski definition) is 3. The van der Waals surface area contributed by atoms with Crippen molar-refractivity contribution in [3.8, 4) is 0 Å². The van der Waals surface area contributed by atoms with Crippen molar-refractivity contribution in [3.63, 3.8) is 0 Å². The maximum Gasteiger partial charge on any atom is 0.0635 e. The summed E-state index contributed by atoms with van der Waals surface area (Å²) in [4.78, 5) is 0. The van der Waals surface area contributed by atoms with Gasteiger partial charge < -0.3 is 5.43 Å². The topological polar surface area (TPSA) is 33.1 Å². The van der Waals surface area contributed by atoms with Crippen LogP contribution >= 0.6 is 15.9 Å². The first-order valence-electron chi connectivity index (χ1n) is 6.48. The van der Waals surface area contributed by atoms with E-state index in [1.165, 1.54) is 5.69 Å². The first kappa shape index (κ1) is 12.7. The van der Waals surface area contributed by atoms with Crippen LogP contribution in [0.5, 0.6) is 0 Å². The molecule has 5 heteroatoms. The Morgan fingerprint density at radius 2 is 2.11 bits per heavy atom. The number of hydrogen-bond donors (Lipinski definition) is 1. The third-order valence-corrected chi connectivity index (χ3v) is 4.18. The molecule has 19 heavy (non-hydrogen) atoms. The van der Waals surface area contributed by atoms with Gasteiger partial charge in [0.1, 0.15) is 0 Å². The Bertz CT molecular complexity index is 532. The van der Waals surface area contributed by atoms with Crippen LogP contribution in [0.4, 0.5) is 5.69 Å². The average molecular weight is 321 g/mol. The maximum atomic E-state index is 4.30. The Labute approximate surface area is 121 Å². The van der Waals surface area contributed by atoms with Crippen LogP contribution in [-0.4, -0.2) is 27.9 Å². The summed E-state index contributed by atoms with van der Waals surface area (Å²) in [6.45, 7) is 2.06. The molecule has 1 atom stereocenters. The Morgan fingerprint density at radius 1 is 1.32 bits per heavy atom. The Balaban J connectivity index is 1.68. The van der Waals surface area contributed by atoms with E-state index < -0.39 is 0 Å². The molecule has 2 aromatic rings.